The number of aromatic nitrogens is 2. The lowest BCUT2D eigenvalue weighted by Crippen LogP contribution is -2.53. The van der Waals surface area contributed by atoms with Crippen molar-refractivity contribution in [3.63, 3.8) is 0 Å². The van der Waals surface area contributed by atoms with Crippen LogP contribution in [0.1, 0.15) is 29.8 Å². The monoisotopic (exact) mass is 294 g/mol. The van der Waals surface area contributed by atoms with Gasteiger partial charge < -0.3 is 10.0 Å². The molecule has 2 rings (SSSR count). The van der Waals surface area contributed by atoms with Crippen molar-refractivity contribution in [2.75, 3.05) is 33.3 Å². The molecular weight excluding hydrogens is 268 g/mol. The smallest absolute Gasteiger partial charge is 0.223 e. The van der Waals surface area contributed by atoms with Gasteiger partial charge in [-0.1, -0.05) is 0 Å². The molecule has 1 fully saturated rings. The molecule has 1 aliphatic heterocycles. The number of H-pyrrole nitrogens is 1. The van der Waals surface area contributed by atoms with Crippen molar-refractivity contribution >= 4 is 5.91 Å². The molecule has 118 valence electrons. The van der Waals surface area contributed by atoms with E-state index in [-0.39, 0.29) is 18.6 Å². The number of aliphatic hydroxyl groups excluding tert-OH is 1. The number of carbonyl (C=O) groups excluding carboxylic acids is 1. The number of nitrogens with one attached hydrogen (secondary N) is 1. The van der Waals surface area contributed by atoms with Gasteiger partial charge in [0.25, 0.3) is 0 Å². The molecule has 0 unspecified atom stereocenters. The first-order valence-corrected chi connectivity index (χ1v) is 7.62. The van der Waals surface area contributed by atoms with Crippen LogP contribution in [-0.4, -0.2) is 70.3 Å². The highest BCUT2D eigenvalue weighted by atomic mass is 16.3. The Labute approximate surface area is 126 Å². The van der Waals surface area contributed by atoms with E-state index in [1.165, 1.54) is 0 Å². The fraction of sp³-hybridized carbons (Fsp3) is 0.733. The van der Waals surface area contributed by atoms with Crippen LogP contribution in [0.5, 0.6) is 0 Å². The summed E-state index contributed by atoms with van der Waals surface area (Å²) in [4.78, 5) is 16.5. The van der Waals surface area contributed by atoms with Crippen LogP contribution in [0, 0.1) is 13.8 Å². The summed E-state index contributed by atoms with van der Waals surface area (Å²) in [6, 6.07) is 0.266. The van der Waals surface area contributed by atoms with Gasteiger partial charge in [0.15, 0.2) is 0 Å². The van der Waals surface area contributed by atoms with Crippen LogP contribution >= 0.6 is 0 Å². The van der Waals surface area contributed by atoms with Crippen molar-refractivity contribution in [2.24, 2.45) is 0 Å². The van der Waals surface area contributed by atoms with Crippen LogP contribution in [0.25, 0.3) is 0 Å². The van der Waals surface area contributed by atoms with Gasteiger partial charge in [-0.3, -0.25) is 14.8 Å². The van der Waals surface area contributed by atoms with E-state index in [4.69, 9.17) is 5.11 Å². The summed E-state index contributed by atoms with van der Waals surface area (Å²) in [6.45, 7) is 6.56. The van der Waals surface area contributed by atoms with E-state index in [9.17, 15) is 4.79 Å². The fourth-order valence-electron chi connectivity index (χ4n) is 2.80. The number of aromatic amines is 1. The Bertz CT molecular complexity index is 486. The van der Waals surface area contributed by atoms with Gasteiger partial charge in [-0.2, -0.15) is 5.10 Å². The lowest BCUT2D eigenvalue weighted by Gasteiger charge is -2.39. The van der Waals surface area contributed by atoms with Gasteiger partial charge in [0.05, 0.1) is 5.69 Å². The lowest BCUT2D eigenvalue weighted by molar-refractivity contribution is -0.134. The van der Waals surface area contributed by atoms with Crippen LogP contribution < -0.4 is 0 Å². The molecular formula is C15H26N4O2. The van der Waals surface area contributed by atoms with E-state index in [1.54, 1.807) is 0 Å². The summed E-state index contributed by atoms with van der Waals surface area (Å²) < 4.78 is 0. The number of likely N-dealkylation sites (N-methyl/N-ethyl adjacent to an activating group) is 1. The Hall–Kier alpha value is -1.40. The molecule has 2 N–H and O–H groups in total. The van der Waals surface area contributed by atoms with Crippen LogP contribution in [0.3, 0.4) is 0 Å². The van der Waals surface area contributed by atoms with Crippen molar-refractivity contribution in [3.05, 3.63) is 17.0 Å². The number of rotatable bonds is 5. The molecule has 1 atom stereocenters. The molecule has 6 heteroatoms. The van der Waals surface area contributed by atoms with E-state index >= 15 is 0 Å². The Balaban J connectivity index is 1.87. The van der Waals surface area contributed by atoms with E-state index in [1.807, 2.05) is 18.7 Å². The summed E-state index contributed by atoms with van der Waals surface area (Å²) in [7, 11) is 2.05. The zero-order chi connectivity index (χ0) is 15.4. The first-order valence-electron chi connectivity index (χ1n) is 7.62. The third-order valence-corrected chi connectivity index (χ3v) is 4.52. The average molecular weight is 294 g/mol. The van der Waals surface area contributed by atoms with E-state index in [2.05, 4.69) is 22.1 Å². The SMILES string of the molecule is Cc1[nH]nc(CCC(=O)N2CCN(C)[C@@H](CCO)C2)c1C. The molecule has 0 spiro atoms. The third-order valence-electron chi connectivity index (χ3n) is 4.52. The summed E-state index contributed by atoms with van der Waals surface area (Å²) in [5.41, 5.74) is 3.21. The number of carbonyl (C=O) groups is 1. The molecule has 1 aliphatic rings. The van der Waals surface area contributed by atoms with Crippen LogP contribution in [-0.2, 0) is 11.2 Å². The number of hydrogen-bond acceptors (Lipinski definition) is 4. The van der Waals surface area contributed by atoms with Crippen LogP contribution in [0.4, 0.5) is 0 Å². The maximum absolute atomic E-state index is 12.4. The van der Waals surface area contributed by atoms with E-state index in [0.29, 0.717) is 19.4 Å². The van der Waals surface area contributed by atoms with Crippen LogP contribution in [0.2, 0.25) is 0 Å². The summed E-state index contributed by atoms with van der Waals surface area (Å²) in [5.74, 6) is 0.186. The van der Waals surface area contributed by atoms with Gasteiger partial charge >= 0.3 is 0 Å². The molecule has 21 heavy (non-hydrogen) atoms. The topological polar surface area (TPSA) is 72.5 Å². The number of piperazine rings is 1. The predicted octanol–water partition coefficient (Wildman–Crippen LogP) is 0.484. The van der Waals surface area contributed by atoms with Crippen molar-refractivity contribution in [3.8, 4) is 0 Å². The van der Waals surface area contributed by atoms with Gasteiger partial charge in [0, 0.05) is 50.8 Å². The summed E-state index contributed by atoms with van der Waals surface area (Å²) >= 11 is 0. The highest BCUT2D eigenvalue weighted by Crippen LogP contribution is 2.14. The molecule has 0 saturated carbocycles. The summed E-state index contributed by atoms with van der Waals surface area (Å²) in [5, 5.41) is 16.3. The number of aliphatic hydroxyl groups is 1. The molecule has 1 aromatic heterocycles. The highest BCUT2D eigenvalue weighted by molar-refractivity contribution is 5.76. The predicted molar refractivity (Wildman–Crippen MR) is 81.1 cm³/mol. The van der Waals surface area contributed by atoms with Crippen molar-refractivity contribution in [1.29, 1.82) is 0 Å². The number of amides is 1. The molecule has 1 saturated heterocycles. The second-order valence-corrected chi connectivity index (χ2v) is 5.91. The minimum Gasteiger partial charge on any atom is -0.396 e. The first-order chi connectivity index (χ1) is 10.0. The van der Waals surface area contributed by atoms with Gasteiger partial charge in [-0.15, -0.1) is 0 Å². The first kappa shape index (κ1) is 16.0. The van der Waals surface area contributed by atoms with E-state index in [0.717, 1.165) is 36.5 Å². The number of hydrogen-bond donors (Lipinski definition) is 2. The normalized spacial score (nSPS) is 20.0. The molecule has 0 aliphatic carbocycles. The molecule has 1 amide bonds. The van der Waals surface area contributed by atoms with E-state index < -0.39 is 0 Å². The van der Waals surface area contributed by atoms with Crippen molar-refractivity contribution in [1.82, 2.24) is 20.0 Å². The number of aryl methyl sites for hydroxylation is 2. The number of nitrogens with zero attached hydrogens (tertiary/aromatic N) is 3. The van der Waals surface area contributed by atoms with Crippen molar-refractivity contribution < 1.29 is 9.90 Å². The molecule has 2 heterocycles. The minimum absolute atomic E-state index is 0.169. The second-order valence-electron chi connectivity index (χ2n) is 5.91. The maximum atomic E-state index is 12.4. The Morgan fingerprint density at radius 2 is 2.19 bits per heavy atom. The molecule has 6 nitrogen and oxygen atoms in total. The Morgan fingerprint density at radius 1 is 1.43 bits per heavy atom. The Kier molecular flexibility index (Phi) is 5.36. The maximum Gasteiger partial charge on any atom is 0.223 e. The minimum atomic E-state index is 0.169. The fourth-order valence-corrected chi connectivity index (χ4v) is 2.80. The molecule has 1 aromatic rings. The van der Waals surface area contributed by atoms with Gasteiger partial charge in [0.2, 0.25) is 5.91 Å². The quantitative estimate of drug-likeness (QED) is 0.829. The van der Waals surface area contributed by atoms with Crippen molar-refractivity contribution in [2.45, 2.75) is 39.2 Å². The average Bonchev–Trinajstić information content (AvgIpc) is 2.79. The highest BCUT2D eigenvalue weighted by Gasteiger charge is 2.26. The largest absolute Gasteiger partial charge is 0.396 e. The molecule has 0 radical (unpaired) electrons. The van der Waals surface area contributed by atoms with Gasteiger partial charge in [-0.05, 0) is 32.9 Å². The molecule has 0 aromatic carbocycles. The second kappa shape index (κ2) is 7.04. The standard InChI is InChI=1S/C15H26N4O2/c1-11-12(2)16-17-14(11)4-5-15(21)19-8-7-18(3)13(10-19)6-9-20/h13,20H,4-10H2,1-3H3,(H,16,17)/t13-/m0/s1. The van der Waals surface area contributed by atoms with Gasteiger partial charge in [0.1, 0.15) is 0 Å². The lowest BCUT2D eigenvalue weighted by atomic mass is 10.1. The van der Waals surface area contributed by atoms with Crippen LogP contribution in [0.15, 0.2) is 0 Å². The molecule has 0 bridgehead atoms. The summed E-state index contributed by atoms with van der Waals surface area (Å²) in [6.07, 6.45) is 1.91. The Morgan fingerprint density at radius 3 is 2.81 bits per heavy atom. The zero-order valence-electron chi connectivity index (χ0n) is 13.2. The van der Waals surface area contributed by atoms with Gasteiger partial charge in [-0.25, -0.2) is 0 Å². The third kappa shape index (κ3) is 3.83. The zero-order valence-corrected chi connectivity index (χ0v) is 13.2.